The molecule has 18 heavy (non-hydrogen) atoms. The van der Waals surface area contributed by atoms with Crippen molar-refractivity contribution in [3.63, 3.8) is 0 Å². The van der Waals surface area contributed by atoms with E-state index in [1.807, 2.05) is 0 Å². The van der Waals surface area contributed by atoms with E-state index in [-0.39, 0.29) is 17.9 Å². The number of halogens is 1. The van der Waals surface area contributed by atoms with Gasteiger partial charge in [0.2, 0.25) is 0 Å². The second-order valence-corrected chi connectivity index (χ2v) is 3.93. The molecule has 0 saturated heterocycles. The van der Waals surface area contributed by atoms with E-state index in [2.05, 4.69) is 4.74 Å². The molecule has 1 aromatic rings. The SMILES string of the molecule is COC(=O)C(=N)CC(=O)C=Cc1ccc(Cl)cc1. The molecule has 0 fully saturated rings. The smallest absolute Gasteiger partial charge is 0.352 e. The fraction of sp³-hybridized carbons (Fsp3) is 0.154. The summed E-state index contributed by atoms with van der Waals surface area (Å²) in [6, 6.07) is 6.94. The molecule has 0 amide bonds. The number of ketones is 1. The van der Waals surface area contributed by atoms with Gasteiger partial charge in [-0.1, -0.05) is 29.8 Å². The number of esters is 1. The molecule has 1 aromatic carbocycles. The van der Waals surface area contributed by atoms with Gasteiger partial charge in [0.05, 0.1) is 13.5 Å². The van der Waals surface area contributed by atoms with E-state index >= 15 is 0 Å². The molecule has 94 valence electrons. The summed E-state index contributed by atoms with van der Waals surface area (Å²) >= 11 is 5.72. The Morgan fingerprint density at radius 3 is 2.50 bits per heavy atom. The average Bonchev–Trinajstić information content (AvgIpc) is 2.37. The van der Waals surface area contributed by atoms with Crippen molar-refractivity contribution in [1.82, 2.24) is 0 Å². The minimum Gasteiger partial charge on any atom is -0.465 e. The molecule has 0 aliphatic rings. The van der Waals surface area contributed by atoms with E-state index in [4.69, 9.17) is 17.0 Å². The summed E-state index contributed by atoms with van der Waals surface area (Å²) in [6.45, 7) is 0. The Morgan fingerprint density at radius 2 is 1.94 bits per heavy atom. The van der Waals surface area contributed by atoms with Crippen molar-refractivity contribution < 1.29 is 14.3 Å². The predicted octanol–water partition coefficient (Wildman–Crippen LogP) is 2.51. The van der Waals surface area contributed by atoms with E-state index < -0.39 is 5.97 Å². The van der Waals surface area contributed by atoms with E-state index in [0.29, 0.717) is 5.02 Å². The van der Waals surface area contributed by atoms with Crippen LogP contribution in [0, 0.1) is 5.41 Å². The van der Waals surface area contributed by atoms with Gasteiger partial charge in [0.25, 0.3) is 0 Å². The lowest BCUT2D eigenvalue weighted by Crippen LogP contribution is -2.17. The number of rotatable bonds is 5. The second kappa shape index (κ2) is 6.71. The normalized spacial score (nSPS) is 10.3. The third-order valence-electron chi connectivity index (χ3n) is 2.11. The maximum absolute atomic E-state index is 11.5. The van der Waals surface area contributed by atoms with Crippen molar-refractivity contribution in [3.05, 3.63) is 40.9 Å². The average molecular weight is 266 g/mol. The summed E-state index contributed by atoms with van der Waals surface area (Å²) in [5.41, 5.74) is 0.459. The highest BCUT2D eigenvalue weighted by Crippen LogP contribution is 2.10. The number of hydrogen-bond acceptors (Lipinski definition) is 4. The van der Waals surface area contributed by atoms with Crippen LogP contribution >= 0.6 is 11.6 Å². The number of carbonyl (C=O) groups is 2. The number of methoxy groups -OCH3 is 1. The minimum atomic E-state index is -0.789. The summed E-state index contributed by atoms with van der Waals surface area (Å²) in [7, 11) is 1.17. The Hall–Kier alpha value is -1.94. The van der Waals surface area contributed by atoms with Crippen molar-refractivity contribution in [2.24, 2.45) is 0 Å². The zero-order valence-electron chi connectivity index (χ0n) is 9.77. The van der Waals surface area contributed by atoms with Crippen molar-refractivity contribution in [2.45, 2.75) is 6.42 Å². The minimum absolute atomic E-state index is 0.267. The zero-order chi connectivity index (χ0) is 13.5. The monoisotopic (exact) mass is 265 g/mol. The number of ether oxygens (including phenoxy) is 1. The van der Waals surface area contributed by atoms with Crippen LogP contribution in [0.4, 0.5) is 0 Å². The number of allylic oxidation sites excluding steroid dienone is 1. The van der Waals surface area contributed by atoms with Crippen molar-refractivity contribution >= 4 is 35.1 Å². The van der Waals surface area contributed by atoms with Gasteiger partial charge in [0.1, 0.15) is 5.71 Å². The van der Waals surface area contributed by atoms with Crippen LogP contribution in [0.2, 0.25) is 5.02 Å². The number of hydrogen-bond donors (Lipinski definition) is 1. The molecule has 0 radical (unpaired) electrons. The lowest BCUT2D eigenvalue weighted by molar-refractivity contribution is -0.133. The number of benzene rings is 1. The highest BCUT2D eigenvalue weighted by molar-refractivity contribution is 6.39. The second-order valence-electron chi connectivity index (χ2n) is 3.50. The third-order valence-corrected chi connectivity index (χ3v) is 2.37. The highest BCUT2D eigenvalue weighted by atomic mass is 35.5. The maximum Gasteiger partial charge on any atom is 0.352 e. The first kappa shape index (κ1) is 14.1. The van der Waals surface area contributed by atoms with Gasteiger partial charge < -0.3 is 4.74 Å². The fourth-order valence-electron chi connectivity index (χ4n) is 1.19. The lowest BCUT2D eigenvalue weighted by Gasteiger charge is -1.98. The summed E-state index contributed by atoms with van der Waals surface area (Å²) in [6.07, 6.45) is 2.65. The van der Waals surface area contributed by atoms with E-state index in [1.165, 1.54) is 13.2 Å². The van der Waals surface area contributed by atoms with Crippen LogP contribution in [-0.4, -0.2) is 24.6 Å². The molecule has 1 rings (SSSR count). The molecule has 0 unspecified atom stereocenters. The van der Waals surface area contributed by atoms with Crippen LogP contribution in [0.5, 0.6) is 0 Å². The molecule has 0 aliphatic carbocycles. The summed E-state index contributed by atoms with van der Waals surface area (Å²) in [4.78, 5) is 22.4. The first-order chi connectivity index (χ1) is 8.52. The molecule has 0 spiro atoms. The Bertz CT molecular complexity index is 491. The Morgan fingerprint density at radius 1 is 1.33 bits per heavy atom. The Labute approximate surface area is 110 Å². The maximum atomic E-state index is 11.5. The topological polar surface area (TPSA) is 67.2 Å². The number of carbonyl (C=O) groups excluding carboxylic acids is 2. The molecule has 0 heterocycles. The molecule has 0 aromatic heterocycles. The quantitative estimate of drug-likeness (QED) is 0.505. The first-order valence-corrected chi connectivity index (χ1v) is 5.53. The largest absolute Gasteiger partial charge is 0.465 e. The van der Waals surface area contributed by atoms with Crippen LogP contribution in [-0.2, 0) is 14.3 Å². The van der Waals surface area contributed by atoms with Gasteiger partial charge in [-0.25, -0.2) is 4.79 Å². The molecular weight excluding hydrogens is 254 g/mol. The van der Waals surface area contributed by atoms with E-state index in [0.717, 1.165) is 5.56 Å². The van der Waals surface area contributed by atoms with Gasteiger partial charge in [0.15, 0.2) is 5.78 Å². The van der Waals surface area contributed by atoms with Gasteiger partial charge in [0, 0.05) is 5.02 Å². The molecule has 0 bridgehead atoms. The summed E-state index contributed by atoms with van der Waals surface area (Å²) in [5.74, 6) is -1.12. The zero-order valence-corrected chi connectivity index (χ0v) is 10.5. The Balaban J connectivity index is 2.57. The summed E-state index contributed by atoms with van der Waals surface area (Å²) < 4.78 is 4.33. The highest BCUT2D eigenvalue weighted by Gasteiger charge is 2.11. The molecule has 5 heteroatoms. The van der Waals surface area contributed by atoms with Crippen LogP contribution in [0.15, 0.2) is 30.3 Å². The van der Waals surface area contributed by atoms with Crippen molar-refractivity contribution in [1.29, 1.82) is 5.41 Å². The van der Waals surface area contributed by atoms with Crippen LogP contribution < -0.4 is 0 Å². The fourth-order valence-corrected chi connectivity index (χ4v) is 1.32. The van der Waals surface area contributed by atoms with Crippen molar-refractivity contribution in [3.8, 4) is 0 Å². The molecular formula is C13H12ClNO3. The van der Waals surface area contributed by atoms with Gasteiger partial charge in [-0.15, -0.1) is 0 Å². The third kappa shape index (κ3) is 4.51. The molecule has 0 aliphatic heterocycles. The predicted molar refractivity (Wildman–Crippen MR) is 69.9 cm³/mol. The first-order valence-electron chi connectivity index (χ1n) is 5.15. The van der Waals surface area contributed by atoms with Gasteiger partial charge in [-0.3, -0.25) is 10.2 Å². The summed E-state index contributed by atoms with van der Waals surface area (Å²) in [5, 5.41) is 7.91. The van der Waals surface area contributed by atoms with Gasteiger partial charge >= 0.3 is 5.97 Å². The van der Waals surface area contributed by atoms with Crippen LogP contribution in [0.1, 0.15) is 12.0 Å². The van der Waals surface area contributed by atoms with Crippen LogP contribution in [0.3, 0.4) is 0 Å². The molecule has 0 saturated carbocycles. The van der Waals surface area contributed by atoms with E-state index in [9.17, 15) is 9.59 Å². The Kier molecular flexibility index (Phi) is 5.27. The number of nitrogens with one attached hydrogen (secondary N) is 1. The van der Waals surface area contributed by atoms with Gasteiger partial charge in [-0.2, -0.15) is 0 Å². The standard InChI is InChI=1S/C13H12ClNO3/c1-18-13(17)12(15)8-11(16)7-4-9-2-5-10(14)6-3-9/h2-7,15H,8H2,1H3. The van der Waals surface area contributed by atoms with Crippen LogP contribution in [0.25, 0.3) is 6.08 Å². The van der Waals surface area contributed by atoms with E-state index in [1.54, 1.807) is 30.3 Å². The van der Waals surface area contributed by atoms with Crippen molar-refractivity contribution in [2.75, 3.05) is 7.11 Å². The lowest BCUT2D eigenvalue weighted by atomic mass is 10.1. The molecule has 4 nitrogen and oxygen atoms in total. The molecule has 1 N–H and O–H groups in total. The molecule has 0 atom stereocenters. The van der Waals surface area contributed by atoms with Gasteiger partial charge in [-0.05, 0) is 23.8 Å².